The SMILES string of the molecule is CC1CCC(CNCCC(=O)NC2CC2)C1. The summed E-state index contributed by atoms with van der Waals surface area (Å²) in [6.07, 6.45) is 7.11. The quantitative estimate of drug-likeness (QED) is 0.674. The van der Waals surface area contributed by atoms with Gasteiger partial charge in [-0.25, -0.2) is 0 Å². The van der Waals surface area contributed by atoms with Gasteiger partial charge in [0, 0.05) is 19.0 Å². The summed E-state index contributed by atoms with van der Waals surface area (Å²) in [6, 6.07) is 0.503. The first-order valence-corrected chi connectivity index (χ1v) is 6.74. The standard InChI is InChI=1S/C13H24N2O/c1-10-2-3-11(8-10)9-14-7-6-13(16)15-12-4-5-12/h10-12,14H,2-9H2,1H3,(H,15,16). The Morgan fingerprint density at radius 3 is 2.69 bits per heavy atom. The summed E-state index contributed by atoms with van der Waals surface area (Å²) in [7, 11) is 0. The maximum Gasteiger partial charge on any atom is 0.221 e. The van der Waals surface area contributed by atoms with Gasteiger partial charge in [0.05, 0.1) is 0 Å². The van der Waals surface area contributed by atoms with E-state index >= 15 is 0 Å². The second kappa shape index (κ2) is 5.67. The molecule has 2 aliphatic carbocycles. The van der Waals surface area contributed by atoms with E-state index in [0.717, 1.165) is 24.9 Å². The number of rotatable bonds is 6. The Hall–Kier alpha value is -0.570. The first-order chi connectivity index (χ1) is 7.74. The fourth-order valence-corrected chi connectivity index (χ4v) is 2.55. The van der Waals surface area contributed by atoms with Crippen LogP contribution >= 0.6 is 0 Å². The van der Waals surface area contributed by atoms with Crippen LogP contribution in [0.2, 0.25) is 0 Å². The van der Waals surface area contributed by atoms with Crippen LogP contribution in [-0.2, 0) is 4.79 Å². The minimum atomic E-state index is 0.217. The number of carbonyl (C=O) groups excluding carboxylic acids is 1. The highest BCUT2D eigenvalue weighted by Crippen LogP contribution is 2.29. The highest BCUT2D eigenvalue weighted by Gasteiger charge is 2.23. The molecule has 16 heavy (non-hydrogen) atoms. The van der Waals surface area contributed by atoms with Crippen molar-refractivity contribution < 1.29 is 4.79 Å². The first kappa shape index (κ1) is 11.9. The molecule has 0 spiro atoms. The molecule has 1 amide bonds. The third-order valence-corrected chi connectivity index (χ3v) is 3.71. The van der Waals surface area contributed by atoms with Crippen molar-refractivity contribution in [2.24, 2.45) is 11.8 Å². The topological polar surface area (TPSA) is 41.1 Å². The summed E-state index contributed by atoms with van der Waals surface area (Å²) >= 11 is 0. The Morgan fingerprint density at radius 1 is 1.25 bits per heavy atom. The molecule has 0 aromatic rings. The molecule has 2 atom stereocenters. The van der Waals surface area contributed by atoms with E-state index in [1.54, 1.807) is 0 Å². The van der Waals surface area contributed by atoms with Gasteiger partial charge in [0.2, 0.25) is 5.91 Å². The second-order valence-electron chi connectivity index (χ2n) is 5.58. The summed E-state index contributed by atoms with van der Waals surface area (Å²) < 4.78 is 0. The first-order valence-electron chi connectivity index (χ1n) is 6.74. The number of nitrogens with one attached hydrogen (secondary N) is 2. The predicted octanol–water partition coefficient (Wildman–Crippen LogP) is 1.68. The summed E-state index contributed by atoms with van der Waals surface area (Å²) in [5.74, 6) is 1.97. The van der Waals surface area contributed by atoms with Crippen molar-refractivity contribution in [1.82, 2.24) is 10.6 Å². The molecule has 2 rings (SSSR count). The summed E-state index contributed by atoms with van der Waals surface area (Å²) in [5.41, 5.74) is 0. The van der Waals surface area contributed by atoms with Crippen molar-refractivity contribution in [2.75, 3.05) is 13.1 Å². The molecule has 2 fully saturated rings. The molecule has 2 unspecified atom stereocenters. The van der Waals surface area contributed by atoms with Crippen LogP contribution in [0, 0.1) is 11.8 Å². The van der Waals surface area contributed by atoms with E-state index in [-0.39, 0.29) is 5.91 Å². The fraction of sp³-hybridized carbons (Fsp3) is 0.923. The third-order valence-electron chi connectivity index (χ3n) is 3.71. The highest BCUT2D eigenvalue weighted by atomic mass is 16.1. The van der Waals surface area contributed by atoms with Crippen molar-refractivity contribution in [3.05, 3.63) is 0 Å². The molecule has 0 aromatic heterocycles. The van der Waals surface area contributed by atoms with Crippen molar-refractivity contribution >= 4 is 5.91 Å². The van der Waals surface area contributed by atoms with Crippen LogP contribution in [0.5, 0.6) is 0 Å². The van der Waals surface area contributed by atoms with Gasteiger partial charge in [-0.15, -0.1) is 0 Å². The van der Waals surface area contributed by atoms with Crippen LogP contribution < -0.4 is 10.6 Å². The molecule has 2 N–H and O–H groups in total. The Bertz CT molecular complexity index is 238. The average molecular weight is 224 g/mol. The molecule has 0 aromatic carbocycles. The van der Waals surface area contributed by atoms with E-state index in [2.05, 4.69) is 17.6 Å². The molecule has 0 heterocycles. The highest BCUT2D eigenvalue weighted by molar-refractivity contribution is 5.76. The lowest BCUT2D eigenvalue weighted by Crippen LogP contribution is -2.30. The van der Waals surface area contributed by atoms with Crippen LogP contribution in [0.1, 0.15) is 45.4 Å². The normalized spacial score (nSPS) is 29.3. The van der Waals surface area contributed by atoms with Crippen LogP contribution in [0.15, 0.2) is 0 Å². The number of hydrogen-bond donors (Lipinski definition) is 2. The van der Waals surface area contributed by atoms with E-state index in [1.165, 1.54) is 32.1 Å². The van der Waals surface area contributed by atoms with E-state index in [1.807, 2.05) is 0 Å². The lowest BCUT2D eigenvalue weighted by Gasteiger charge is -2.10. The zero-order valence-electron chi connectivity index (χ0n) is 10.3. The van der Waals surface area contributed by atoms with Gasteiger partial charge in [-0.3, -0.25) is 4.79 Å². The lowest BCUT2D eigenvalue weighted by molar-refractivity contribution is -0.121. The van der Waals surface area contributed by atoms with Crippen LogP contribution in [0.4, 0.5) is 0 Å². The molecule has 3 heteroatoms. The zero-order chi connectivity index (χ0) is 11.4. The zero-order valence-corrected chi connectivity index (χ0v) is 10.3. The van der Waals surface area contributed by atoms with Gasteiger partial charge in [-0.2, -0.15) is 0 Å². The molecule has 0 radical (unpaired) electrons. The summed E-state index contributed by atoms with van der Waals surface area (Å²) in [4.78, 5) is 11.4. The molecule has 0 bridgehead atoms. The van der Waals surface area contributed by atoms with Crippen molar-refractivity contribution in [1.29, 1.82) is 0 Å². The Labute approximate surface area is 98.4 Å². The Balaban J connectivity index is 1.46. The lowest BCUT2D eigenvalue weighted by atomic mass is 10.1. The molecular formula is C13H24N2O. The molecule has 0 aliphatic heterocycles. The molecule has 2 saturated carbocycles. The van der Waals surface area contributed by atoms with E-state index in [4.69, 9.17) is 0 Å². The van der Waals surface area contributed by atoms with Gasteiger partial charge in [0.15, 0.2) is 0 Å². The Morgan fingerprint density at radius 2 is 2.06 bits per heavy atom. The van der Waals surface area contributed by atoms with Gasteiger partial charge in [-0.1, -0.05) is 13.3 Å². The van der Waals surface area contributed by atoms with Crippen molar-refractivity contribution in [3.8, 4) is 0 Å². The average Bonchev–Trinajstić information content (AvgIpc) is 2.95. The van der Waals surface area contributed by atoms with Crippen LogP contribution in [-0.4, -0.2) is 25.0 Å². The van der Waals surface area contributed by atoms with Gasteiger partial charge >= 0.3 is 0 Å². The molecule has 0 saturated heterocycles. The molecule has 2 aliphatic rings. The third kappa shape index (κ3) is 4.12. The van der Waals surface area contributed by atoms with Crippen molar-refractivity contribution in [2.45, 2.75) is 51.5 Å². The van der Waals surface area contributed by atoms with Gasteiger partial charge in [0.1, 0.15) is 0 Å². The number of carbonyl (C=O) groups is 1. The predicted molar refractivity (Wildman–Crippen MR) is 65.2 cm³/mol. The summed E-state index contributed by atoms with van der Waals surface area (Å²) in [6.45, 7) is 4.27. The minimum Gasteiger partial charge on any atom is -0.353 e. The van der Waals surface area contributed by atoms with Gasteiger partial charge < -0.3 is 10.6 Å². The van der Waals surface area contributed by atoms with Crippen molar-refractivity contribution in [3.63, 3.8) is 0 Å². The fourth-order valence-electron chi connectivity index (χ4n) is 2.55. The van der Waals surface area contributed by atoms with Gasteiger partial charge in [-0.05, 0) is 44.1 Å². The number of amides is 1. The largest absolute Gasteiger partial charge is 0.353 e. The molecule has 3 nitrogen and oxygen atoms in total. The maximum absolute atomic E-state index is 11.4. The van der Waals surface area contributed by atoms with E-state index in [0.29, 0.717) is 12.5 Å². The van der Waals surface area contributed by atoms with Gasteiger partial charge in [0.25, 0.3) is 0 Å². The van der Waals surface area contributed by atoms with E-state index < -0.39 is 0 Å². The molecule has 92 valence electrons. The summed E-state index contributed by atoms with van der Waals surface area (Å²) in [5, 5.41) is 6.42. The Kier molecular flexibility index (Phi) is 4.22. The minimum absolute atomic E-state index is 0.217. The van der Waals surface area contributed by atoms with E-state index in [9.17, 15) is 4.79 Å². The second-order valence-corrected chi connectivity index (χ2v) is 5.58. The smallest absolute Gasteiger partial charge is 0.221 e. The molecular weight excluding hydrogens is 200 g/mol. The monoisotopic (exact) mass is 224 g/mol. The number of hydrogen-bond acceptors (Lipinski definition) is 2. The van der Waals surface area contributed by atoms with Crippen LogP contribution in [0.3, 0.4) is 0 Å². The van der Waals surface area contributed by atoms with Crippen LogP contribution in [0.25, 0.3) is 0 Å². The maximum atomic E-state index is 11.4.